The van der Waals surface area contributed by atoms with Gasteiger partial charge in [0, 0.05) is 36.1 Å². The van der Waals surface area contributed by atoms with E-state index in [1.807, 2.05) is 13.0 Å². The molecule has 0 aliphatic heterocycles. The monoisotopic (exact) mass is 272 g/mol. The van der Waals surface area contributed by atoms with Gasteiger partial charge in [-0.2, -0.15) is 0 Å². The molecular formula is C15H20N4O. The van der Waals surface area contributed by atoms with Gasteiger partial charge < -0.3 is 10.3 Å². The van der Waals surface area contributed by atoms with Crippen LogP contribution in [0.1, 0.15) is 32.0 Å². The van der Waals surface area contributed by atoms with E-state index in [4.69, 9.17) is 0 Å². The van der Waals surface area contributed by atoms with Crippen LogP contribution in [0, 0.1) is 6.92 Å². The second-order valence-corrected chi connectivity index (χ2v) is 5.88. The Morgan fingerprint density at radius 2 is 2.10 bits per heavy atom. The standard InChI is InChI=1S/C15H20N4O/c1-10-8-16-6-5-12(10)14-18-11(7-13(20)19-14)9-17-15(2,3)4/h5-8,17H,9H2,1-4H3,(H,18,19,20). The molecule has 0 radical (unpaired) electrons. The second kappa shape index (κ2) is 5.54. The maximum atomic E-state index is 11.8. The minimum Gasteiger partial charge on any atom is -0.307 e. The molecule has 20 heavy (non-hydrogen) atoms. The van der Waals surface area contributed by atoms with E-state index < -0.39 is 0 Å². The van der Waals surface area contributed by atoms with Crippen LogP contribution >= 0.6 is 0 Å². The van der Waals surface area contributed by atoms with E-state index in [0.717, 1.165) is 16.8 Å². The zero-order valence-electron chi connectivity index (χ0n) is 12.3. The molecule has 2 aromatic rings. The summed E-state index contributed by atoms with van der Waals surface area (Å²) in [5, 5.41) is 3.33. The SMILES string of the molecule is Cc1cnccc1-c1nc(CNC(C)(C)C)cc(=O)[nH]1. The lowest BCUT2D eigenvalue weighted by Gasteiger charge is -2.20. The van der Waals surface area contributed by atoms with E-state index in [-0.39, 0.29) is 11.1 Å². The zero-order chi connectivity index (χ0) is 14.8. The molecule has 0 aliphatic rings. The highest BCUT2D eigenvalue weighted by molar-refractivity contribution is 5.58. The van der Waals surface area contributed by atoms with Gasteiger partial charge in [0.05, 0.1) is 5.69 Å². The average Bonchev–Trinajstić information content (AvgIpc) is 2.35. The summed E-state index contributed by atoms with van der Waals surface area (Å²) >= 11 is 0. The maximum Gasteiger partial charge on any atom is 0.251 e. The van der Waals surface area contributed by atoms with E-state index in [1.54, 1.807) is 12.4 Å². The average molecular weight is 272 g/mol. The van der Waals surface area contributed by atoms with Gasteiger partial charge in [-0.05, 0) is 39.3 Å². The fourth-order valence-corrected chi connectivity index (χ4v) is 1.82. The van der Waals surface area contributed by atoms with Crippen LogP contribution in [-0.2, 0) is 6.54 Å². The summed E-state index contributed by atoms with van der Waals surface area (Å²) in [6.07, 6.45) is 3.46. The smallest absolute Gasteiger partial charge is 0.251 e. The fourth-order valence-electron chi connectivity index (χ4n) is 1.82. The van der Waals surface area contributed by atoms with Crippen molar-refractivity contribution in [1.82, 2.24) is 20.3 Å². The highest BCUT2D eigenvalue weighted by Crippen LogP contribution is 2.17. The molecule has 2 N–H and O–H groups in total. The van der Waals surface area contributed by atoms with Crippen molar-refractivity contribution >= 4 is 0 Å². The van der Waals surface area contributed by atoms with Crippen molar-refractivity contribution < 1.29 is 0 Å². The topological polar surface area (TPSA) is 70.7 Å². The molecule has 0 atom stereocenters. The van der Waals surface area contributed by atoms with Gasteiger partial charge in [0.25, 0.3) is 5.56 Å². The highest BCUT2D eigenvalue weighted by atomic mass is 16.1. The Labute approximate surface area is 118 Å². The number of nitrogens with zero attached hydrogens (tertiary/aromatic N) is 2. The molecule has 0 unspecified atom stereocenters. The molecule has 5 nitrogen and oxygen atoms in total. The molecule has 0 bridgehead atoms. The normalized spacial score (nSPS) is 11.6. The van der Waals surface area contributed by atoms with Gasteiger partial charge in [-0.25, -0.2) is 4.98 Å². The summed E-state index contributed by atoms with van der Waals surface area (Å²) in [7, 11) is 0. The number of hydrogen-bond donors (Lipinski definition) is 2. The largest absolute Gasteiger partial charge is 0.307 e. The molecule has 106 valence electrons. The molecule has 5 heteroatoms. The Morgan fingerprint density at radius 3 is 2.75 bits per heavy atom. The second-order valence-electron chi connectivity index (χ2n) is 5.88. The summed E-state index contributed by atoms with van der Waals surface area (Å²) in [6, 6.07) is 3.38. The Kier molecular flexibility index (Phi) is 3.99. The van der Waals surface area contributed by atoms with Crippen molar-refractivity contribution in [3.05, 3.63) is 46.1 Å². The Balaban J connectivity index is 2.35. The minimum atomic E-state index is -0.142. The molecule has 2 heterocycles. The number of rotatable bonds is 3. The molecule has 2 rings (SSSR count). The molecule has 0 aromatic carbocycles. The molecular weight excluding hydrogens is 252 g/mol. The van der Waals surface area contributed by atoms with E-state index in [0.29, 0.717) is 12.4 Å². The van der Waals surface area contributed by atoms with Gasteiger partial charge in [-0.1, -0.05) is 0 Å². The Bertz CT molecular complexity index is 655. The van der Waals surface area contributed by atoms with E-state index in [1.165, 1.54) is 6.07 Å². The number of hydrogen-bond acceptors (Lipinski definition) is 4. The summed E-state index contributed by atoms with van der Waals surface area (Å²) in [5.74, 6) is 0.586. The van der Waals surface area contributed by atoms with Crippen molar-refractivity contribution in [3.8, 4) is 11.4 Å². The van der Waals surface area contributed by atoms with Crippen LogP contribution in [0.15, 0.2) is 29.3 Å². The molecule has 2 aromatic heterocycles. The minimum absolute atomic E-state index is 0.0168. The summed E-state index contributed by atoms with van der Waals surface area (Å²) in [5.41, 5.74) is 2.45. The third-order valence-electron chi connectivity index (χ3n) is 2.87. The summed E-state index contributed by atoms with van der Waals surface area (Å²) in [6.45, 7) is 8.74. The first kappa shape index (κ1) is 14.4. The van der Waals surface area contributed by atoms with Crippen LogP contribution < -0.4 is 10.9 Å². The van der Waals surface area contributed by atoms with Gasteiger partial charge in [0.1, 0.15) is 5.82 Å². The summed E-state index contributed by atoms with van der Waals surface area (Å²) in [4.78, 5) is 23.1. The molecule has 0 saturated carbocycles. The molecule has 0 aliphatic carbocycles. The maximum absolute atomic E-state index is 11.8. The van der Waals surface area contributed by atoms with Crippen molar-refractivity contribution in [1.29, 1.82) is 0 Å². The quantitative estimate of drug-likeness (QED) is 0.897. The van der Waals surface area contributed by atoms with Crippen molar-refractivity contribution in [2.75, 3.05) is 0 Å². The Morgan fingerprint density at radius 1 is 1.35 bits per heavy atom. The van der Waals surface area contributed by atoms with Crippen LogP contribution in [0.3, 0.4) is 0 Å². The zero-order valence-corrected chi connectivity index (χ0v) is 12.3. The van der Waals surface area contributed by atoms with E-state index in [9.17, 15) is 4.79 Å². The van der Waals surface area contributed by atoms with E-state index in [2.05, 4.69) is 41.0 Å². The molecule has 0 amide bonds. The molecule has 0 saturated heterocycles. The van der Waals surface area contributed by atoms with Crippen LogP contribution in [0.5, 0.6) is 0 Å². The van der Waals surface area contributed by atoms with Crippen LogP contribution in [0.2, 0.25) is 0 Å². The lowest BCUT2D eigenvalue weighted by Crippen LogP contribution is -2.35. The lowest BCUT2D eigenvalue weighted by molar-refractivity contribution is 0.421. The van der Waals surface area contributed by atoms with Crippen molar-refractivity contribution in [2.24, 2.45) is 0 Å². The first-order valence-electron chi connectivity index (χ1n) is 6.61. The number of aryl methyl sites for hydroxylation is 1. The number of pyridine rings is 1. The first-order valence-corrected chi connectivity index (χ1v) is 6.61. The first-order chi connectivity index (χ1) is 9.35. The highest BCUT2D eigenvalue weighted by Gasteiger charge is 2.11. The van der Waals surface area contributed by atoms with Crippen molar-refractivity contribution in [3.63, 3.8) is 0 Å². The van der Waals surface area contributed by atoms with Gasteiger partial charge >= 0.3 is 0 Å². The number of nitrogens with one attached hydrogen (secondary N) is 2. The predicted molar refractivity (Wildman–Crippen MR) is 79.4 cm³/mol. The predicted octanol–water partition coefficient (Wildman–Crippen LogP) is 2.03. The third kappa shape index (κ3) is 3.74. The summed E-state index contributed by atoms with van der Waals surface area (Å²) < 4.78 is 0. The number of aromatic nitrogens is 3. The van der Waals surface area contributed by atoms with Crippen LogP contribution in [0.25, 0.3) is 11.4 Å². The molecule has 0 fully saturated rings. The van der Waals surface area contributed by atoms with Gasteiger partial charge in [-0.15, -0.1) is 0 Å². The number of H-pyrrole nitrogens is 1. The number of aromatic amines is 1. The third-order valence-corrected chi connectivity index (χ3v) is 2.87. The molecule has 0 spiro atoms. The van der Waals surface area contributed by atoms with Gasteiger partial charge in [0.15, 0.2) is 0 Å². The van der Waals surface area contributed by atoms with Gasteiger partial charge in [-0.3, -0.25) is 9.78 Å². The van der Waals surface area contributed by atoms with E-state index >= 15 is 0 Å². The Hall–Kier alpha value is -2.01. The fraction of sp³-hybridized carbons (Fsp3) is 0.400. The van der Waals surface area contributed by atoms with Crippen LogP contribution in [-0.4, -0.2) is 20.5 Å². The van der Waals surface area contributed by atoms with Crippen LogP contribution in [0.4, 0.5) is 0 Å². The lowest BCUT2D eigenvalue weighted by atomic mass is 10.1. The van der Waals surface area contributed by atoms with Gasteiger partial charge in [0.2, 0.25) is 0 Å². The van der Waals surface area contributed by atoms with Crippen molar-refractivity contribution in [2.45, 2.75) is 39.8 Å².